The molecule has 164 valence electrons. The Bertz CT molecular complexity index is 1070. The van der Waals surface area contributed by atoms with Gasteiger partial charge in [0, 0.05) is 24.5 Å². The standard InChI is InChI=1S/C24H27NO6/c1-16-5-7-19-18(14-30-21(19)11-16)13-24(27)31-15-23(26)25(2)10-9-17-6-8-20(28-3)22(12-17)29-4/h5-8,11-12,14H,9-10,13,15H2,1-4H3. The van der Waals surface area contributed by atoms with Gasteiger partial charge in [-0.05, 0) is 42.7 Å². The summed E-state index contributed by atoms with van der Waals surface area (Å²) in [6, 6.07) is 11.4. The van der Waals surface area contributed by atoms with Gasteiger partial charge in [-0.3, -0.25) is 9.59 Å². The molecule has 31 heavy (non-hydrogen) atoms. The van der Waals surface area contributed by atoms with Crippen LogP contribution in [0.2, 0.25) is 0 Å². The number of carbonyl (C=O) groups is 2. The average Bonchev–Trinajstić information content (AvgIpc) is 3.16. The van der Waals surface area contributed by atoms with E-state index < -0.39 is 5.97 Å². The van der Waals surface area contributed by atoms with Crippen molar-refractivity contribution < 1.29 is 28.2 Å². The molecule has 2 aromatic carbocycles. The van der Waals surface area contributed by atoms with Crippen LogP contribution in [-0.4, -0.2) is 51.2 Å². The van der Waals surface area contributed by atoms with Crippen molar-refractivity contribution >= 4 is 22.8 Å². The number of nitrogens with zero attached hydrogens (tertiary/aromatic N) is 1. The van der Waals surface area contributed by atoms with Crippen LogP contribution in [0.5, 0.6) is 11.5 Å². The van der Waals surface area contributed by atoms with Gasteiger partial charge in [0.15, 0.2) is 18.1 Å². The van der Waals surface area contributed by atoms with Crippen molar-refractivity contribution in [3.63, 3.8) is 0 Å². The van der Waals surface area contributed by atoms with Crippen molar-refractivity contribution in [1.82, 2.24) is 4.90 Å². The third kappa shape index (κ3) is 5.57. The number of likely N-dealkylation sites (N-methyl/N-ethyl adjacent to an activating group) is 1. The molecule has 0 bridgehead atoms. The number of carbonyl (C=O) groups excluding carboxylic acids is 2. The first-order valence-electron chi connectivity index (χ1n) is 9.98. The normalized spacial score (nSPS) is 10.7. The highest BCUT2D eigenvalue weighted by Gasteiger charge is 2.15. The fourth-order valence-corrected chi connectivity index (χ4v) is 3.24. The number of ether oxygens (including phenoxy) is 3. The van der Waals surface area contributed by atoms with Crippen LogP contribution in [0.1, 0.15) is 16.7 Å². The van der Waals surface area contributed by atoms with Gasteiger partial charge >= 0.3 is 5.97 Å². The predicted molar refractivity (Wildman–Crippen MR) is 117 cm³/mol. The summed E-state index contributed by atoms with van der Waals surface area (Å²) in [7, 11) is 4.85. The van der Waals surface area contributed by atoms with E-state index in [0.717, 1.165) is 27.7 Å². The third-order valence-corrected chi connectivity index (χ3v) is 5.11. The Morgan fingerprint density at radius 2 is 1.81 bits per heavy atom. The molecule has 0 radical (unpaired) electrons. The molecule has 0 saturated carbocycles. The summed E-state index contributed by atoms with van der Waals surface area (Å²) >= 11 is 0. The molecule has 0 spiro atoms. The van der Waals surface area contributed by atoms with E-state index in [1.165, 1.54) is 0 Å². The number of esters is 1. The smallest absolute Gasteiger partial charge is 0.310 e. The lowest BCUT2D eigenvalue weighted by Gasteiger charge is -2.17. The molecular formula is C24H27NO6. The molecule has 7 heteroatoms. The molecule has 0 N–H and O–H groups in total. The van der Waals surface area contributed by atoms with Crippen LogP contribution in [0, 0.1) is 6.92 Å². The molecule has 0 aliphatic heterocycles. The first kappa shape index (κ1) is 22.2. The van der Waals surface area contributed by atoms with Crippen LogP contribution < -0.4 is 9.47 Å². The summed E-state index contributed by atoms with van der Waals surface area (Å²) in [5.41, 5.74) is 3.57. The molecule has 7 nitrogen and oxygen atoms in total. The molecule has 3 aromatic rings. The first-order valence-corrected chi connectivity index (χ1v) is 9.98. The van der Waals surface area contributed by atoms with Crippen molar-refractivity contribution in [2.75, 3.05) is 34.4 Å². The Balaban J connectivity index is 1.47. The Morgan fingerprint density at radius 1 is 1.03 bits per heavy atom. The van der Waals surface area contributed by atoms with Gasteiger partial charge in [-0.25, -0.2) is 0 Å². The largest absolute Gasteiger partial charge is 0.493 e. The van der Waals surface area contributed by atoms with Crippen LogP contribution in [0.15, 0.2) is 47.1 Å². The first-order chi connectivity index (χ1) is 14.9. The second kappa shape index (κ2) is 10.0. The summed E-state index contributed by atoms with van der Waals surface area (Å²) < 4.78 is 21.2. The number of methoxy groups -OCH3 is 2. The van der Waals surface area contributed by atoms with Crippen molar-refractivity contribution in [2.24, 2.45) is 0 Å². The summed E-state index contributed by atoms with van der Waals surface area (Å²) in [6.45, 7) is 2.16. The minimum atomic E-state index is -0.468. The zero-order valence-corrected chi connectivity index (χ0v) is 18.3. The molecule has 1 amide bonds. The number of fused-ring (bicyclic) bond motifs is 1. The molecule has 0 fully saturated rings. The van der Waals surface area contributed by atoms with Crippen LogP contribution >= 0.6 is 0 Å². The number of aryl methyl sites for hydroxylation is 1. The van der Waals surface area contributed by atoms with Crippen LogP contribution in [0.3, 0.4) is 0 Å². The fourth-order valence-electron chi connectivity index (χ4n) is 3.24. The van der Waals surface area contributed by atoms with Crippen molar-refractivity contribution in [3.8, 4) is 11.5 Å². The van der Waals surface area contributed by atoms with Gasteiger partial charge in [0.2, 0.25) is 0 Å². The zero-order chi connectivity index (χ0) is 22.4. The van der Waals surface area contributed by atoms with Crippen LogP contribution in [-0.2, 0) is 27.2 Å². The Hall–Kier alpha value is -3.48. The molecule has 3 rings (SSSR count). The van der Waals surface area contributed by atoms with Gasteiger partial charge in [-0.15, -0.1) is 0 Å². The molecule has 0 aliphatic carbocycles. The molecule has 1 aromatic heterocycles. The highest BCUT2D eigenvalue weighted by Crippen LogP contribution is 2.27. The van der Waals surface area contributed by atoms with Gasteiger partial charge in [0.1, 0.15) is 5.58 Å². The lowest BCUT2D eigenvalue weighted by atomic mass is 10.1. The van der Waals surface area contributed by atoms with E-state index in [1.807, 2.05) is 43.3 Å². The highest BCUT2D eigenvalue weighted by molar-refractivity contribution is 5.87. The number of amides is 1. The number of hydrogen-bond donors (Lipinski definition) is 0. The Morgan fingerprint density at radius 3 is 2.55 bits per heavy atom. The molecule has 0 aliphatic rings. The Kier molecular flexibility index (Phi) is 7.18. The topological polar surface area (TPSA) is 78.2 Å². The maximum atomic E-state index is 12.3. The molecule has 1 heterocycles. The minimum absolute atomic E-state index is 0.0543. The SMILES string of the molecule is COc1ccc(CCN(C)C(=O)COC(=O)Cc2coc3cc(C)ccc23)cc1OC. The minimum Gasteiger partial charge on any atom is -0.493 e. The summed E-state index contributed by atoms with van der Waals surface area (Å²) in [6.07, 6.45) is 2.25. The maximum Gasteiger partial charge on any atom is 0.310 e. The monoisotopic (exact) mass is 425 g/mol. The number of benzene rings is 2. The van der Waals surface area contributed by atoms with E-state index in [2.05, 4.69) is 0 Å². The molecule has 0 saturated heterocycles. The second-order valence-electron chi connectivity index (χ2n) is 7.35. The second-order valence-corrected chi connectivity index (χ2v) is 7.35. The van der Waals surface area contributed by atoms with Gasteiger partial charge in [0.25, 0.3) is 5.91 Å². The zero-order valence-electron chi connectivity index (χ0n) is 18.3. The van der Waals surface area contributed by atoms with E-state index in [0.29, 0.717) is 24.5 Å². The van der Waals surface area contributed by atoms with Crippen LogP contribution in [0.25, 0.3) is 11.0 Å². The van der Waals surface area contributed by atoms with Gasteiger partial charge in [0.05, 0.1) is 26.9 Å². The predicted octanol–water partition coefficient (Wildman–Crippen LogP) is 3.55. The van der Waals surface area contributed by atoms with Crippen LogP contribution in [0.4, 0.5) is 0 Å². The Labute approximate surface area is 181 Å². The van der Waals surface area contributed by atoms with E-state index in [1.54, 1.807) is 32.4 Å². The number of rotatable bonds is 9. The summed E-state index contributed by atoms with van der Waals surface area (Å²) in [5, 5.41) is 0.876. The van der Waals surface area contributed by atoms with Crippen molar-refractivity contribution in [3.05, 3.63) is 59.4 Å². The van der Waals surface area contributed by atoms with Crippen molar-refractivity contribution in [1.29, 1.82) is 0 Å². The van der Waals surface area contributed by atoms with Crippen molar-refractivity contribution in [2.45, 2.75) is 19.8 Å². The summed E-state index contributed by atoms with van der Waals surface area (Å²) in [5.74, 6) is 0.569. The number of hydrogen-bond acceptors (Lipinski definition) is 6. The third-order valence-electron chi connectivity index (χ3n) is 5.11. The number of furan rings is 1. The summed E-state index contributed by atoms with van der Waals surface area (Å²) in [4.78, 5) is 26.1. The lowest BCUT2D eigenvalue weighted by molar-refractivity contribution is -0.150. The van der Waals surface area contributed by atoms with Gasteiger partial charge in [-0.2, -0.15) is 0 Å². The lowest BCUT2D eigenvalue weighted by Crippen LogP contribution is -2.33. The van der Waals surface area contributed by atoms with E-state index >= 15 is 0 Å². The van der Waals surface area contributed by atoms with E-state index in [-0.39, 0.29) is 18.9 Å². The average molecular weight is 425 g/mol. The van der Waals surface area contributed by atoms with E-state index in [9.17, 15) is 9.59 Å². The molecule has 0 atom stereocenters. The molecular weight excluding hydrogens is 398 g/mol. The van der Waals surface area contributed by atoms with Gasteiger partial charge < -0.3 is 23.5 Å². The molecule has 0 unspecified atom stereocenters. The van der Waals surface area contributed by atoms with E-state index in [4.69, 9.17) is 18.6 Å². The highest BCUT2D eigenvalue weighted by atomic mass is 16.5. The maximum absolute atomic E-state index is 12.3. The fraction of sp³-hybridized carbons (Fsp3) is 0.333. The quantitative estimate of drug-likeness (QED) is 0.488. The van der Waals surface area contributed by atoms with Gasteiger partial charge in [-0.1, -0.05) is 18.2 Å².